The molecule has 94 valence electrons. The lowest BCUT2D eigenvalue weighted by Gasteiger charge is -2.22. The van der Waals surface area contributed by atoms with Crippen LogP contribution in [0.3, 0.4) is 0 Å². The summed E-state index contributed by atoms with van der Waals surface area (Å²) in [4.78, 5) is 5.79. The fraction of sp³-hybridized carbons (Fsp3) is 0.308. The van der Waals surface area contributed by atoms with E-state index in [0.717, 1.165) is 15.4 Å². The lowest BCUT2D eigenvalue weighted by atomic mass is 9.86. The fourth-order valence-corrected chi connectivity index (χ4v) is 4.88. The molecule has 0 saturated carbocycles. The lowest BCUT2D eigenvalue weighted by Crippen LogP contribution is -2.09. The van der Waals surface area contributed by atoms with Crippen molar-refractivity contribution in [2.24, 2.45) is 0 Å². The van der Waals surface area contributed by atoms with Crippen molar-refractivity contribution in [2.75, 3.05) is 5.73 Å². The van der Waals surface area contributed by atoms with Gasteiger partial charge in [0.2, 0.25) is 0 Å². The first-order valence-corrected chi connectivity index (χ1v) is 8.25. The molecule has 1 unspecified atom stereocenters. The summed E-state index contributed by atoms with van der Waals surface area (Å²) in [5, 5.41) is 0.695. The van der Waals surface area contributed by atoms with Crippen LogP contribution in [0.4, 0.5) is 5.13 Å². The van der Waals surface area contributed by atoms with E-state index in [1.807, 2.05) is 0 Å². The number of hydrogen-bond acceptors (Lipinski definition) is 3. The molecule has 2 nitrogen and oxygen atoms in total. The normalized spacial score (nSPS) is 18.7. The summed E-state index contributed by atoms with van der Waals surface area (Å²) in [7, 11) is 0. The first-order chi connectivity index (χ1) is 8.65. The Morgan fingerprint density at radius 1 is 1.33 bits per heavy atom. The molecule has 0 saturated heterocycles. The molecular weight excluding hydrogens is 376 g/mol. The number of nitrogens with two attached hydrogens (primary N) is 1. The molecule has 0 aliphatic heterocycles. The van der Waals surface area contributed by atoms with Gasteiger partial charge in [-0.25, -0.2) is 4.98 Å². The molecular formula is C13H12Br2N2S. The number of thiazole rings is 1. The average Bonchev–Trinajstić information content (AvgIpc) is 2.69. The van der Waals surface area contributed by atoms with Gasteiger partial charge in [-0.3, -0.25) is 0 Å². The van der Waals surface area contributed by atoms with Crippen molar-refractivity contribution in [2.45, 2.75) is 25.2 Å². The van der Waals surface area contributed by atoms with E-state index in [0.29, 0.717) is 11.0 Å². The van der Waals surface area contributed by atoms with E-state index in [4.69, 9.17) is 5.73 Å². The number of benzene rings is 1. The summed E-state index contributed by atoms with van der Waals surface area (Å²) in [6, 6.07) is 6.39. The molecule has 1 aliphatic carbocycles. The minimum Gasteiger partial charge on any atom is -0.375 e. The largest absolute Gasteiger partial charge is 0.375 e. The Balaban J connectivity index is 2.07. The maximum Gasteiger partial charge on any atom is 0.180 e. The van der Waals surface area contributed by atoms with Gasteiger partial charge in [-0.1, -0.05) is 37.9 Å². The molecule has 0 fully saturated rings. The highest BCUT2D eigenvalue weighted by atomic mass is 79.9. The third-order valence-electron chi connectivity index (χ3n) is 3.30. The molecule has 0 spiro atoms. The zero-order chi connectivity index (χ0) is 12.7. The van der Waals surface area contributed by atoms with Gasteiger partial charge in [0, 0.05) is 19.7 Å². The van der Waals surface area contributed by atoms with Crippen LogP contribution >= 0.6 is 43.2 Å². The molecule has 0 radical (unpaired) electrons. The summed E-state index contributed by atoms with van der Waals surface area (Å²) < 4.78 is 2.25. The van der Waals surface area contributed by atoms with Crippen LogP contribution in [0, 0.1) is 0 Å². The van der Waals surface area contributed by atoms with Gasteiger partial charge in [0.15, 0.2) is 5.13 Å². The van der Waals surface area contributed by atoms with Crippen molar-refractivity contribution in [3.8, 4) is 0 Å². The summed E-state index contributed by atoms with van der Waals surface area (Å²) in [6.45, 7) is 0. The summed E-state index contributed by atoms with van der Waals surface area (Å²) >= 11 is 8.80. The number of nitrogen functional groups attached to an aromatic ring is 1. The predicted octanol–water partition coefficient (Wildman–Crippen LogP) is 4.72. The fourth-order valence-electron chi connectivity index (χ4n) is 2.52. The Hall–Kier alpha value is -0.390. The van der Waals surface area contributed by atoms with Crippen LogP contribution in [0.15, 0.2) is 27.1 Å². The van der Waals surface area contributed by atoms with E-state index in [9.17, 15) is 0 Å². The van der Waals surface area contributed by atoms with E-state index in [1.54, 1.807) is 11.3 Å². The van der Waals surface area contributed by atoms with E-state index >= 15 is 0 Å². The number of rotatable bonds is 1. The summed E-state index contributed by atoms with van der Waals surface area (Å²) in [5.74, 6) is 0.436. The van der Waals surface area contributed by atoms with E-state index < -0.39 is 0 Å². The SMILES string of the molecule is Nc1nc2c(s1)C(c1ccc(Br)cc1Br)CCC2. The van der Waals surface area contributed by atoms with Gasteiger partial charge in [0.25, 0.3) is 0 Å². The topological polar surface area (TPSA) is 38.9 Å². The van der Waals surface area contributed by atoms with Gasteiger partial charge in [0.05, 0.1) is 5.69 Å². The van der Waals surface area contributed by atoms with Gasteiger partial charge >= 0.3 is 0 Å². The second-order valence-electron chi connectivity index (χ2n) is 4.47. The predicted molar refractivity (Wildman–Crippen MR) is 83.1 cm³/mol. The molecule has 2 aromatic rings. The Morgan fingerprint density at radius 2 is 2.17 bits per heavy atom. The molecule has 0 bridgehead atoms. The zero-order valence-electron chi connectivity index (χ0n) is 9.62. The highest BCUT2D eigenvalue weighted by Crippen LogP contribution is 2.43. The van der Waals surface area contributed by atoms with Crippen LogP contribution < -0.4 is 5.73 Å². The second kappa shape index (κ2) is 4.94. The Kier molecular flexibility index (Phi) is 3.47. The Bertz CT molecular complexity index is 595. The van der Waals surface area contributed by atoms with E-state index in [2.05, 4.69) is 55.0 Å². The molecule has 2 N–H and O–H groups in total. The van der Waals surface area contributed by atoms with Crippen molar-refractivity contribution in [1.82, 2.24) is 4.98 Å². The first-order valence-electron chi connectivity index (χ1n) is 5.85. The van der Waals surface area contributed by atoms with Crippen LogP contribution in [0.2, 0.25) is 0 Å². The molecule has 5 heteroatoms. The first kappa shape index (κ1) is 12.6. The molecule has 18 heavy (non-hydrogen) atoms. The highest BCUT2D eigenvalue weighted by Gasteiger charge is 2.26. The van der Waals surface area contributed by atoms with Crippen molar-refractivity contribution >= 4 is 48.3 Å². The second-order valence-corrected chi connectivity index (χ2v) is 7.31. The molecule has 1 heterocycles. The molecule has 1 aromatic heterocycles. The quantitative estimate of drug-likeness (QED) is 0.768. The van der Waals surface area contributed by atoms with Crippen molar-refractivity contribution in [3.63, 3.8) is 0 Å². The molecule has 1 aromatic carbocycles. The van der Waals surface area contributed by atoms with Gasteiger partial charge in [-0.15, -0.1) is 11.3 Å². The zero-order valence-corrected chi connectivity index (χ0v) is 13.6. The Labute approximate surface area is 127 Å². The number of hydrogen-bond donors (Lipinski definition) is 1. The number of aryl methyl sites for hydroxylation is 1. The smallest absolute Gasteiger partial charge is 0.180 e. The third kappa shape index (κ3) is 2.24. The molecule has 1 atom stereocenters. The minimum absolute atomic E-state index is 0.436. The third-order valence-corrected chi connectivity index (χ3v) is 5.53. The monoisotopic (exact) mass is 386 g/mol. The molecule has 0 amide bonds. The standard InChI is InChI=1S/C13H12Br2N2S/c14-7-4-5-8(10(15)6-7)9-2-1-3-11-12(9)18-13(16)17-11/h4-6,9H,1-3H2,(H2,16,17). The Morgan fingerprint density at radius 3 is 2.94 bits per heavy atom. The number of anilines is 1. The van der Waals surface area contributed by atoms with Gasteiger partial charge < -0.3 is 5.73 Å². The van der Waals surface area contributed by atoms with Gasteiger partial charge in [0.1, 0.15) is 0 Å². The maximum atomic E-state index is 5.85. The minimum atomic E-state index is 0.436. The van der Waals surface area contributed by atoms with Gasteiger partial charge in [-0.05, 0) is 37.0 Å². The average molecular weight is 388 g/mol. The molecule has 1 aliphatic rings. The molecule has 3 rings (SSSR count). The number of fused-ring (bicyclic) bond motifs is 1. The van der Waals surface area contributed by atoms with Crippen molar-refractivity contribution in [1.29, 1.82) is 0 Å². The number of aromatic nitrogens is 1. The lowest BCUT2D eigenvalue weighted by molar-refractivity contribution is 0.616. The van der Waals surface area contributed by atoms with Gasteiger partial charge in [-0.2, -0.15) is 0 Å². The summed E-state index contributed by atoms with van der Waals surface area (Å²) in [6.07, 6.45) is 3.42. The highest BCUT2D eigenvalue weighted by molar-refractivity contribution is 9.11. The number of nitrogens with zero attached hydrogens (tertiary/aromatic N) is 1. The van der Waals surface area contributed by atoms with Crippen LogP contribution in [-0.2, 0) is 6.42 Å². The van der Waals surface area contributed by atoms with E-state index in [-0.39, 0.29) is 0 Å². The summed E-state index contributed by atoms with van der Waals surface area (Å²) in [5.41, 5.74) is 8.38. The van der Waals surface area contributed by atoms with Crippen LogP contribution in [0.5, 0.6) is 0 Å². The maximum absolute atomic E-state index is 5.85. The van der Waals surface area contributed by atoms with E-state index in [1.165, 1.54) is 29.0 Å². The van der Waals surface area contributed by atoms with Crippen molar-refractivity contribution in [3.05, 3.63) is 43.3 Å². The van der Waals surface area contributed by atoms with Crippen molar-refractivity contribution < 1.29 is 0 Å². The van der Waals surface area contributed by atoms with Crippen LogP contribution in [0.25, 0.3) is 0 Å². The number of halogens is 2. The van der Waals surface area contributed by atoms with Crippen LogP contribution in [0.1, 0.15) is 34.9 Å². The van der Waals surface area contributed by atoms with Crippen LogP contribution in [-0.4, -0.2) is 4.98 Å².